The number of nitrogens with zero attached hydrogens (tertiary/aromatic N) is 3. The third-order valence-corrected chi connectivity index (χ3v) is 3.92. The molecule has 2 atom stereocenters. The molecule has 2 heterocycles. The fourth-order valence-corrected chi connectivity index (χ4v) is 3.07. The second-order valence-corrected chi connectivity index (χ2v) is 5.12. The van der Waals surface area contributed by atoms with E-state index in [1.165, 1.54) is 12.0 Å². The molecule has 2 aliphatic rings. The fourth-order valence-electron chi connectivity index (χ4n) is 3.07. The SMILES string of the molecule is CCCN1CCO[C@@H]2Cc3nc(N)ncc3C[C@H]21. The molecule has 0 saturated carbocycles. The van der Waals surface area contributed by atoms with Crippen molar-refractivity contribution >= 4 is 5.95 Å². The molecule has 0 amide bonds. The van der Waals surface area contributed by atoms with E-state index < -0.39 is 0 Å². The van der Waals surface area contributed by atoms with Crippen molar-refractivity contribution in [3.8, 4) is 0 Å². The number of ether oxygens (including phenoxy) is 1. The highest BCUT2D eigenvalue weighted by Crippen LogP contribution is 2.28. The molecule has 1 aromatic heterocycles. The van der Waals surface area contributed by atoms with Gasteiger partial charge >= 0.3 is 0 Å². The lowest BCUT2D eigenvalue weighted by atomic mass is 9.88. The van der Waals surface area contributed by atoms with Crippen LogP contribution in [0.3, 0.4) is 0 Å². The Morgan fingerprint density at radius 3 is 3.22 bits per heavy atom. The maximum atomic E-state index is 5.91. The summed E-state index contributed by atoms with van der Waals surface area (Å²) in [5, 5.41) is 0. The number of nitrogens with two attached hydrogens (primary N) is 1. The second kappa shape index (κ2) is 4.82. The Balaban J connectivity index is 1.85. The van der Waals surface area contributed by atoms with E-state index >= 15 is 0 Å². The summed E-state index contributed by atoms with van der Waals surface area (Å²) in [5.74, 6) is 0.369. The predicted octanol–water partition coefficient (Wildman–Crippen LogP) is 0.637. The standard InChI is InChI=1S/C13H20N4O/c1-2-3-17-4-5-18-12-7-10-9(6-11(12)17)8-15-13(14)16-10/h8,11-12H,2-7H2,1H3,(H2,14,15,16)/t11-,12-/m1/s1. The minimum atomic E-state index is 0.270. The van der Waals surface area contributed by atoms with Gasteiger partial charge in [0.1, 0.15) is 0 Å². The summed E-state index contributed by atoms with van der Waals surface area (Å²) in [6, 6.07) is 0.485. The molecule has 18 heavy (non-hydrogen) atoms. The highest BCUT2D eigenvalue weighted by Gasteiger charge is 2.36. The number of rotatable bonds is 2. The number of aromatic nitrogens is 2. The molecule has 0 bridgehead atoms. The predicted molar refractivity (Wildman–Crippen MR) is 69.2 cm³/mol. The van der Waals surface area contributed by atoms with E-state index in [9.17, 15) is 0 Å². The number of fused-ring (bicyclic) bond motifs is 2. The summed E-state index contributed by atoms with van der Waals surface area (Å²) in [6.45, 7) is 5.25. The number of hydrogen-bond donors (Lipinski definition) is 1. The van der Waals surface area contributed by atoms with Crippen molar-refractivity contribution in [2.45, 2.75) is 38.3 Å². The van der Waals surface area contributed by atoms with Crippen LogP contribution in [0.5, 0.6) is 0 Å². The minimum absolute atomic E-state index is 0.270. The molecule has 5 heteroatoms. The Hall–Kier alpha value is -1.20. The minimum Gasteiger partial charge on any atom is -0.375 e. The van der Waals surface area contributed by atoms with E-state index in [-0.39, 0.29) is 6.10 Å². The van der Waals surface area contributed by atoms with Gasteiger partial charge in [0.15, 0.2) is 0 Å². The quantitative estimate of drug-likeness (QED) is 0.832. The van der Waals surface area contributed by atoms with E-state index in [0.717, 1.165) is 38.2 Å². The second-order valence-electron chi connectivity index (χ2n) is 5.12. The smallest absolute Gasteiger partial charge is 0.220 e. The lowest BCUT2D eigenvalue weighted by Gasteiger charge is -2.43. The van der Waals surface area contributed by atoms with Gasteiger partial charge in [-0.15, -0.1) is 0 Å². The van der Waals surface area contributed by atoms with E-state index in [2.05, 4.69) is 21.8 Å². The Kier molecular flexibility index (Phi) is 3.18. The highest BCUT2D eigenvalue weighted by atomic mass is 16.5. The van der Waals surface area contributed by atoms with E-state index in [4.69, 9.17) is 10.5 Å². The maximum Gasteiger partial charge on any atom is 0.220 e. The van der Waals surface area contributed by atoms with Gasteiger partial charge in [-0.1, -0.05) is 6.92 Å². The molecule has 1 aromatic rings. The van der Waals surface area contributed by atoms with E-state index in [0.29, 0.717) is 12.0 Å². The largest absolute Gasteiger partial charge is 0.375 e. The van der Waals surface area contributed by atoms with Crippen LogP contribution in [0.1, 0.15) is 24.6 Å². The first-order valence-corrected chi connectivity index (χ1v) is 6.74. The normalized spacial score (nSPS) is 27.6. The Morgan fingerprint density at radius 1 is 1.50 bits per heavy atom. The molecule has 1 aliphatic carbocycles. The maximum absolute atomic E-state index is 5.91. The molecule has 0 spiro atoms. The Morgan fingerprint density at radius 2 is 2.39 bits per heavy atom. The van der Waals surface area contributed by atoms with Crippen molar-refractivity contribution in [1.82, 2.24) is 14.9 Å². The van der Waals surface area contributed by atoms with Gasteiger partial charge in [0.25, 0.3) is 0 Å². The van der Waals surface area contributed by atoms with Gasteiger partial charge in [0, 0.05) is 25.2 Å². The third-order valence-electron chi connectivity index (χ3n) is 3.92. The number of hydrogen-bond acceptors (Lipinski definition) is 5. The average molecular weight is 248 g/mol. The van der Waals surface area contributed by atoms with Crippen LogP contribution in [0.15, 0.2) is 6.20 Å². The summed E-state index contributed by atoms with van der Waals surface area (Å²) in [4.78, 5) is 11.0. The van der Waals surface area contributed by atoms with Crippen molar-refractivity contribution in [3.63, 3.8) is 0 Å². The first-order chi connectivity index (χ1) is 8.78. The lowest BCUT2D eigenvalue weighted by molar-refractivity contribution is -0.0744. The van der Waals surface area contributed by atoms with Crippen molar-refractivity contribution < 1.29 is 4.74 Å². The lowest BCUT2D eigenvalue weighted by Crippen LogP contribution is -2.55. The van der Waals surface area contributed by atoms with Crippen LogP contribution in [-0.4, -0.2) is 46.7 Å². The molecular weight excluding hydrogens is 228 g/mol. The molecule has 1 aliphatic heterocycles. The summed E-state index contributed by atoms with van der Waals surface area (Å²) in [6.07, 6.45) is 5.20. The molecule has 3 rings (SSSR count). The van der Waals surface area contributed by atoms with Crippen LogP contribution >= 0.6 is 0 Å². The Labute approximate surface area is 107 Å². The summed E-state index contributed by atoms with van der Waals surface area (Å²) in [7, 11) is 0. The zero-order chi connectivity index (χ0) is 12.5. The zero-order valence-electron chi connectivity index (χ0n) is 10.8. The van der Waals surface area contributed by atoms with Gasteiger partial charge in [0.2, 0.25) is 5.95 Å². The number of anilines is 1. The van der Waals surface area contributed by atoms with Crippen LogP contribution in [0, 0.1) is 0 Å². The Bertz CT molecular complexity index is 435. The van der Waals surface area contributed by atoms with Gasteiger partial charge < -0.3 is 10.5 Å². The van der Waals surface area contributed by atoms with Gasteiger partial charge in [-0.3, -0.25) is 4.90 Å². The fraction of sp³-hybridized carbons (Fsp3) is 0.692. The monoisotopic (exact) mass is 248 g/mol. The van der Waals surface area contributed by atoms with Crippen LogP contribution < -0.4 is 5.73 Å². The van der Waals surface area contributed by atoms with Gasteiger partial charge in [0.05, 0.1) is 18.4 Å². The molecule has 0 unspecified atom stereocenters. The molecule has 0 aromatic carbocycles. The molecular formula is C13H20N4O. The average Bonchev–Trinajstić information content (AvgIpc) is 2.37. The molecule has 1 saturated heterocycles. The summed E-state index contributed by atoms with van der Waals surface area (Å²) < 4.78 is 5.91. The van der Waals surface area contributed by atoms with Crippen LogP contribution in [-0.2, 0) is 17.6 Å². The van der Waals surface area contributed by atoms with Crippen molar-refractivity contribution in [1.29, 1.82) is 0 Å². The van der Waals surface area contributed by atoms with Crippen LogP contribution in [0.4, 0.5) is 5.95 Å². The highest BCUT2D eigenvalue weighted by molar-refractivity contribution is 5.29. The van der Waals surface area contributed by atoms with Crippen molar-refractivity contribution in [2.75, 3.05) is 25.4 Å². The first-order valence-electron chi connectivity index (χ1n) is 6.74. The van der Waals surface area contributed by atoms with Crippen LogP contribution in [0.2, 0.25) is 0 Å². The van der Waals surface area contributed by atoms with Gasteiger partial charge in [-0.25, -0.2) is 9.97 Å². The zero-order valence-corrected chi connectivity index (χ0v) is 10.8. The van der Waals surface area contributed by atoms with E-state index in [1.54, 1.807) is 0 Å². The van der Waals surface area contributed by atoms with Gasteiger partial charge in [-0.05, 0) is 24.9 Å². The summed E-state index contributed by atoms with van der Waals surface area (Å²) >= 11 is 0. The molecule has 5 nitrogen and oxygen atoms in total. The van der Waals surface area contributed by atoms with Crippen LogP contribution in [0.25, 0.3) is 0 Å². The van der Waals surface area contributed by atoms with E-state index in [1.807, 2.05) is 6.20 Å². The summed E-state index contributed by atoms with van der Waals surface area (Å²) in [5.41, 5.74) is 7.96. The first kappa shape index (κ1) is 11.9. The molecule has 1 fully saturated rings. The molecule has 0 radical (unpaired) electrons. The molecule has 2 N–H and O–H groups in total. The van der Waals surface area contributed by atoms with Crippen molar-refractivity contribution in [3.05, 3.63) is 17.5 Å². The number of morpholine rings is 1. The third kappa shape index (κ3) is 2.08. The topological polar surface area (TPSA) is 64.3 Å². The number of nitrogen functional groups attached to an aromatic ring is 1. The van der Waals surface area contributed by atoms with Crippen molar-refractivity contribution in [2.24, 2.45) is 0 Å². The molecule has 98 valence electrons. The van der Waals surface area contributed by atoms with Gasteiger partial charge in [-0.2, -0.15) is 0 Å².